The number of ether oxygens (including phenoxy) is 3. The fraction of sp³-hybridized carbons (Fsp3) is 1.00. The number of rotatable bonds is 8. The van der Waals surface area contributed by atoms with Crippen molar-refractivity contribution in [3.8, 4) is 0 Å². The van der Waals surface area contributed by atoms with E-state index in [9.17, 15) is 8.42 Å². The Bertz CT molecular complexity index is 307. The van der Waals surface area contributed by atoms with Gasteiger partial charge < -0.3 is 14.2 Å². The quantitative estimate of drug-likeness (QED) is 0.655. The highest BCUT2D eigenvalue weighted by atomic mass is 32.2. The molecule has 1 aliphatic heterocycles. The van der Waals surface area contributed by atoms with Gasteiger partial charge in [-0.05, 0) is 26.7 Å². The van der Waals surface area contributed by atoms with Crippen molar-refractivity contribution in [2.24, 2.45) is 0 Å². The van der Waals surface area contributed by atoms with E-state index >= 15 is 0 Å². The Morgan fingerprint density at radius 1 is 1.22 bits per heavy atom. The molecule has 0 radical (unpaired) electrons. The van der Waals surface area contributed by atoms with E-state index in [0.717, 1.165) is 0 Å². The fourth-order valence-corrected chi connectivity index (χ4v) is 3.24. The van der Waals surface area contributed by atoms with Crippen molar-refractivity contribution in [1.82, 2.24) is 4.72 Å². The molecule has 0 aromatic carbocycles. The van der Waals surface area contributed by atoms with E-state index < -0.39 is 16.3 Å². The van der Waals surface area contributed by atoms with Gasteiger partial charge >= 0.3 is 0 Å². The van der Waals surface area contributed by atoms with Crippen LogP contribution in [0.1, 0.15) is 26.7 Å². The van der Waals surface area contributed by atoms with Crippen molar-refractivity contribution in [2.45, 2.75) is 38.2 Å². The van der Waals surface area contributed by atoms with Crippen molar-refractivity contribution in [3.05, 3.63) is 0 Å². The van der Waals surface area contributed by atoms with Crippen LogP contribution < -0.4 is 4.72 Å². The van der Waals surface area contributed by atoms with Gasteiger partial charge in [0.05, 0.1) is 11.8 Å². The molecule has 6 nitrogen and oxygen atoms in total. The lowest BCUT2D eigenvalue weighted by Crippen LogP contribution is -2.42. The SMILES string of the molecule is CCOC(CNS(=O)(=O)C1CCOCC1)OCC. The van der Waals surface area contributed by atoms with Gasteiger partial charge in [-0.25, -0.2) is 13.1 Å². The van der Waals surface area contributed by atoms with Crippen molar-refractivity contribution in [3.63, 3.8) is 0 Å². The second-order valence-electron chi connectivity index (χ2n) is 4.05. The largest absolute Gasteiger partial charge is 0.381 e. The van der Waals surface area contributed by atoms with Gasteiger partial charge in [0, 0.05) is 26.4 Å². The van der Waals surface area contributed by atoms with Gasteiger partial charge in [0.2, 0.25) is 10.0 Å². The molecule has 7 heteroatoms. The molecule has 1 heterocycles. The molecule has 1 saturated heterocycles. The first-order valence-corrected chi connectivity index (χ1v) is 7.94. The van der Waals surface area contributed by atoms with Gasteiger partial charge in [-0.2, -0.15) is 0 Å². The van der Waals surface area contributed by atoms with Gasteiger partial charge in [0.25, 0.3) is 0 Å². The Kier molecular flexibility index (Phi) is 7.10. The van der Waals surface area contributed by atoms with Crippen molar-refractivity contribution in [2.75, 3.05) is 33.0 Å². The van der Waals surface area contributed by atoms with Crippen LogP contribution in [0.15, 0.2) is 0 Å². The number of sulfonamides is 1. The third kappa shape index (κ3) is 5.19. The molecule has 1 rings (SSSR count). The Labute approximate surface area is 109 Å². The van der Waals surface area contributed by atoms with Gasteiger partial charge in [-0.15, -0.1) is 0 Å². The highest BCUT2D eigenvalue weighted by Gasteiger charge is 2.28. The summed E-state index contributed by atoms with van der Waals surface area (Å²) in [6.45, 7) is 5.84. The summed E-state index contributed by atoms with van der Waals surface area (Å²) in [5, 5.41) is -0.366. The van der Waals surface area contributed by atoms with Crippen molar-refractivity contribution < 1.29 is 22.6 Å². The smallest absolute Gasteiger partial charge is 0.214 e. The van der Waals surface area contributed by atoms with Crippen LogP contribution in [0.4, 0.5) is 0 Å². The first-order valence-electron chi connectivity index (χ1n) is 6.39. The van der Waals surface area contributed by atoms with Gasteiger partial charge in [0.15, 0.2) is 6.29 Å². The lowest BCUT2D eigenvalue weighted by Gasteiger charge is -2.24. The van der Waals surface area contributed by atoms with Crippen molar-refractivity contribution >= 4 is 10.0 Å². The van der Waals surface area contributed by atoms with E-state index in [4.69, 9.17) is 14.2 Å². The Morgan fingerprint density at radius 2 is 1.78 bits per heavy atom. The molecule has 0 aromatic heterocycles. The summed E-state index contributed by atoms with van der Waals surface area (Å²) in [6, 6.07) is 0. The van der Waals surface area contributed by atoms with E-state index in [1.165, 1.54) is 0 Å². The topological polar surface area (TPSA) is 73.9 Å². The molecule has 18 heavy (non-hydrogen) atoms. The van der Waals surface area contributed by atoms with Crippen LogP contribution in [0.25, 0.3) is 0 Å². The Balaban J connectivity index is 2.43. The standard InChI is InChI=1S/C11H23NO5S/c1-3-16-11(17-4-2)9-12-18(13,14)10-5-7-15-8-6-10/h10-12H,3-9H2,1-2H3. The third-order valence-corrected chi connectivity index (χ3v) is 4.68. The Morgan fingerprint density at radius 3 is 2.28 bits per heavy atom. The second-order valence-corrected chi connectivity index (χ2v) is 6.09. The van der Waals surface area contributed by atoms with Gasteiger partial charge in [0.1, 0.15) is 0 Å². The summed E-state index contributed by atoms with van der Waals surface area (Å²) in [7, 11) is -3.31. The van der Waals surface area contributed by atoms with Crippen LogP contribution in [0.2, 0.25) is 0 Å². The van der Waals surface area contributed by atoms with Crippen LogP contribution in [-0.4, -0.2) is 52.9 Å². The van der Waals surface area contributed by atoms with Crippen LogP contribution in [-0.2, 0) is 24.2 Å². The summed E-state index contributed by atoms with van der Waals surface area (Å²) in [4.78, 5) is 0. The van der Waals surface area contributed by atoms with E-state index in [2.05, 4.69) is 4.72 Å². The summed E-state index contributed by atoms with van der Waals surface area (Å²) >= 11 is 0. The molecular formula is C11H23NO5S. The van der Waals surface area contributed by atoms with Crippen molar-refractivity contribution in [1.29, 1.82) is 0 Å². The van der Waals surface area contributed by atoms with E-state index in [1.807, 2.05) is 13.8 Å². The predicted molar refractivity (Wildman–Crippen MR) is 67.8 cm³/mol. The lowest BCUT2D eigenvalue weighted by molar-refractivity contribution is -0.130. The molecule has 1 N–H and O–H groups in total. The third-order valence-electron chi connectivity index (χ3n) is 2.76. The molecule has 1 fully saturated rings. The maximum Gasteiger partial charge on any atom is 0.214 e. The minimum Gasteiger partial charge on any atom is -0.381 e. The summed E-state index contributed by atoms with van der Waals surface area (Å²) in [6.07, 6.45) is 0.571. The van der Waals surface area contributed by atoms with Crippen LogP contribution in [0.5, 0.6) is 0 Å². The highest BCUT2D eigenvalue weighted by Crippen LogP contribution is 2.14. The number of hydrogen-bond donors (Lipinski definition) is 1. The average Bonchev–Trinajstić information content (AvgIpc) is 2.38. The molecule has 0 saturated carbocycles. The molecular weight excluding hydrogens is 258 g/mol. The average molecular weight is 281 g/mol. The molecule has 0 spiro atoms. The summed E-state index contributed by atoms with van der Waals surface area (Å²) < 4.78 is 42.3. The van der Waals surface area contributed by atoms with Gasteiger partial charge in [-0.1, -0.05) is 0 Å². The van der Waals surface area contributed by atoms with Crippen LogP contribution >= 0.6 is 0 Å². The molecule has 0 aromatic rings. The molecule has 108 valence electrons. The minimum atomic E-state index is -3.31. The molecule has 0 aliphatic carbocycles. The molecule has 0 atom stereocenters. The Hall–Kier alpha value is -0.210. The number of hydrogen-bond acceptors (Lipinski definition) is 5. The molecule has 0 amide bonds. The van der Waals surface area contributed by atoms with E-state index in [1.54, 1.807) is 0 Å². The second kappa shape index (κ2) is 8.06. The zero-order valence-corrected chi connectivity index (χ0v) is 11.9. The molecule has 1 aliphatic rings. The van der Waals surface area contributed by atoms with Crippen LogP contribution in [0.3, 0.4) is 0 Å². The van der Waals surface area contributed by atoms with E-state index in [0.29, 0.717) is 39.3 Å². The monoisotopic (exact) mass is 281 g/mol. The normalized spacial score (nSPS) is 18.4. The molecule has 0 unspecified atom stereocenters. The number of nitrogens with one attached hydrogen (secondary N) is 1. The highest BCUT2D eigenvalue weighted by molar-refractivity contribution is 7.90. The summed E-state index contributed by atoms with van der Waals surface area (Å²) in [5.41, 5.74) is 0. The van der Waals surface area contributed by atoms with Gasteiger partial charge in [-0.3, -0.25) is 0 Å². The van der Waals surface area contributed by atoms with Crippen LogP contribution in [0, 0.1) is 0 Å². The van der Waals surface area contributed by atoms with E-state index in [-0.39, 0.29) is 11.8 Å². The maximum absolute atomic E-state index is 12.0. The molecule has 0 bridgehead atoms. The predicted octanol–water partition coefficient (Wildman–Crippen LogP) is 0.484. The first-order chi connectivity index (χ1) is 8.60. The maximum atomic E-state index is 12.0. The minimum absolute atomic E-state index is 0.154. The first kappa shape index (κ1) is 15.8. The zero-order valence-electron chi connectivity index (χ0n) is 11.1. The summed E-state index contributed by atoms with van der Waals surface area (Å²) in [5.74, 6) is 0. The zero-order chi connectivity index (χ0) is 13.4. The lowest BCUT2D eigenvalue weighted by atomic mass is 10.2. The fourth-order valence-electron chi connectivity index (χ4n) is 1.83.